The number of nitrogens with one attached hydrogen (secondary N) is 1. The Hall–Kier alpha value is -3.69. The van der Waals surface area contributed by atoms with Crippen molar-refractivity contribution in [3.63, 3.8) is 0 Å². The maximum Gasteiger partial charge on any atom is 0.290 e. The number of carbonyl (C=O) groups is 2. The largest absolute Gasteiger partial charge is 0.493 e. The first-order valence-electron chi connectivity index (χ1n) is 11.8. The molecular formula is C27H33N3O6. The van der Waals surface area contributed by atoms with Crippen LogP contribution < -0.4 is 14.8 Å². The maximum atomic E-state index is 11.8. The van der Waals surface area contributed by atoms with Crippen LogP contribution in [0.3, 0.4) is 0 Å². The topological polar surface area (TPSA) is 110 Å². The number of rotatable bonds is 8. The number of methoxy groups -OCH3 is 1. The lowest BCUT2D eigenvalue weighted by atomic mass is 10.0. The van der Waals surface area contributed by atoms with Crippen LogP contribution in [0.1, 0.15) is 11.1 Å². The van der Waals surface area contributed by atoms with E-state index >= 15 is 0 Å². The molecule has 36 heavy (non-hydrogen) atoms. The van der Waals surface area contributed by atoms with Crippen molar-refractivity contribution in [1.29, 1.82) is 0 Å². The normalized spacial score (nSPS) is 13.4. The zero-order chi connectivity index (χ0) is 25.9. The lowest BCUT2D eigenvalue weighted by Gasteiger charge is -2.26. The summed E-state index contributed by atoms with van der Waals surface area (Å²) in [5.74, 6) is 1.36. The van der Waals surface area contributed by atoms with Gasteiger partial charge in [-0.1, -0.05) is 18.2 Å². The van der Waals surface area contributed by atoms with Gasteiger partial charge in [0.15, 0.2) is 11.5 Å². The summed E-state index contributed by atoms with van der Waals surface area (Å²) in [6.45, 7) is 6.58. The Morgan fingerprint density at radius 2 is 1.97 bits per heavy atom. The molecule has 1 saturated heterocycles. The molecule has 1 fully saturated rings. The molecule has 0 saturated carbocycles. The number of carboxylic acid groups (broad SMARTS) is 1. The molecule has 0 bridgehead atoms. The van der Waals surface area contributed by atoms with E-state index in [1.54, 1.807) is 14.2 Å². The fraction of sp³-hybridized carbons (Fsp3) is 0.370. The van der Waals surface area contributed by atoms with Crippen LogP contribution in [0, 0.1) is 6.92 Å². The fourth-order valence-corrected chi connectivity index (χ4v) is 4.10. The van der Waals surface area contributed by atoms with Gasteiger partial charge in [0.1, 0.15) is 6.61 Å². The highest BCUT2D eigenvalue weighted by Gasteiger charge is 2.17. The third kappa shape index (κ3) is 6.93. The van der Waals surface area contributed by atoms with E-state index in [0.29, 0.717) is 24.5 Å². The summed E-state index contributed by atoms with van der Waals surface area (Å²) < 4.78 is 17.3. The summed E-state index contributed by atoms with van der Waals surface area (Å²) in [5.41, 5.74) is 4.60. The molecule has 0 atom stereocenters. The lowest BCUT2D eigenvalue weighted by molar-refractivity contribution is -0.123. The molecule has 2 aromatic carbocycles. The number of amides is 1. The van der Waals surface area contributed by atoms with Gasteiger partial charge in [-0.15, -0.1) is 0 Å². The second-order valence-electron chi connectivity index (χ2n) is 8.27. The second kappa shape index (κ2) is 13.4. The number of aryl methyl sites for hydroxylation is 1. The molecule has 4 rings (SSSR count). The summed E-state index contributed by atoms with van der Waals surface area (Å²) in [5, 5.41) is 10.6. The summed E-state index contributed by atoms with van der Waals surface area (Å²) in [4.78, 5) is 27.5. The molecule has 1 aliphatic rings. The average Bonchev–Trinajstić information content (AvgIpc) is 2.89. The Morgan fingerprint density at radius 1 is 1.22 bits per heavy atom. The third-order valence-electron chi connectivity index (χ3n) is 5.96. The van der Waals surface area contributed by atoms with Gasteiger partial charge in [-0.2, -0.15) is 0 Å². The molecule has 0 spiro atoms. The molecule has 1 aliphatic heterocycles. The number of nitrogens with zero attached hydrogens (tertiary/aromatic N) is 2. The number of carbonyl (C=O) groups excluding carboxylic acids is 1. The standard InChI is InChI=1S/C26H31N3O4.CH2O2/c1-18-15-22(28-23-16-19(7-8-20(18)23)17-25(30)27-2)21-5-4-6-24(31-3)26(21)33-14-11-29-9-12-32-13-10-29;2-1-3/h4-8,15-16H,9-14,17H2,1-3H3,(H,27,30);1H,(H,2,3). The van der Waals surface area contributed by atoms with Crippen molar-refractivity contribution < 1.29 is 28.9 Å². The number of morpholine rings is 1. The van der Waals surface area contributed by atoms with Crippen LogP contribution in [0.25, 0.3) is 22.2 Å². The van der Waals surface area contributed by atoms with Gasteiger partial charge in [-0.05, 0) is 42.3 Å². The van der Waals surface area contributed by atoms with E-state index in [2.05, 4.69) is 23.2 Å². The van der Waals surface area contributed by atoms with Gasteiger partial charge >= 0.3 is 0 Å². The SMILES string of the molecule is CNC(=O)Cc1ccc2c(C)cc(-c3cccc(OC)c3OCCN3CCOCC3)nc2c1.O=CO. The smallest absolute Gasteiger partial charge is 0.290 e. The van der Waals surface area contributed by atoms with Gasteiger partial charge in [0, 0.05) is 37.6 Å². The molecule has 0 aliphatic carbocycles. The monoisotopic (exact) mass is 495 g/mol. The van der Waals surface area contributed by atoms with Crippen molar-refractivity contribution in [3.8, 4) is 22.8 Å². The highest BCUT2D eigenvalue weighted by atomic mass is 16.5. The number of likely N-dealkylation sites (N-methyl/N-ethyl adjacent to an activating group) is 1. The molecule has 192 valence electrons. The Bertz CT molecular complexity index is 1180. The number of hydrogen-bond acceptors (Lipinski definition) is 7. The zero-order valence-electron chi connectivity index (χ0n) is 21.0. The Morgan fingerprint density at radius 3 is 2.67 bits per heavy atom. The van der Waals surface area contributed by atoms with Crippen LogP contribution >= 0.6 is 0 Å². The first-order valence-corrected chi connectivity index (χ1v) is 11.8. The minimum absolute atomic E-state index is 0.0222. The van der Waals surface area contributed by atoms with Crippen LogP contribution in [0.2, 0.25) is 0 Å². The van der Waals surface area contributed by atoms with Crippen molar-refractivity contribution in [3.05, 3.63) is 53.6 Å². The number of pyridine rings is 1. The number of aromatic nitrogens is 1. The van der Waals surface area contributed by atoms with E-state index in [9.17, 15) is 4.79 Å². The molecule has 1 amide bonds. The molecule has 1 aromatic heterocycles. The predicted molar refractivity (Wildman–Crippen MR) is 138 cm³/mol. The number of ether oxygens (including phenoxy) is 3. The molecule has 9 heteroatoms. The van der Waals surface area contributed by atoms with Gasteiger partial charge in [-0.25, -0.2) is 4.98 Å². The quantitative estimate of drug-likeness (QED) is 0.459. The Kier molecular flexibility index (Phi) is 10.0. The van der Waals surface area contributed by atoms with E-state index in [0.717, 1.165) is 66.1 Å². The molecule has 9 nitrogen and oxygen atoms in total. The molecular weight excluding hydrogens is 462 g/mol. The van der Waals surface area contributed by atoms with E-state index in [1.165, 1.54) is 0 Å². The average molecular weight is 496 g/mol. The summed E-state index contributed by atoms with van der Waals surface area (Å²) in [6, 6.07) is 13.9. The van der Waals surface area contributed by atoms with Crippen molar-refractivity contribution >= 4 is 23.3 Å². The highest BCUT2D eigenvalue weighted by Crippen LogP contribution is 2.38. The third-order valence-corrected chi connectivity index (χ3v) is 5.96. The summed E-state index contributed by atoms with van der Waals surface area (Å²) >= 11 is 0. The molecule has 0 unspecified atom stereocenters. The van der Waals surface area contributed by atoms with E-state index in [4.69, 9.17) is 29.1 Å². The van der Waals surface area contributed by atoms with E-state index < -0.39 is 0 Å². The van der Waals surface area contributed by atoms with Crippen LogP contribution in [0.15, 0.2) is 42.5 Å². The maximum absolute atomic E-state index is 11.8. The number of para-hydroxylation sites is 1. The van der Waals surface area contributed by atoms with Gasteiger partial charge in [-0.3, -0.25) is 14.5 Å². The Labute approximate surface area is 211 Å². The van der Waals surface area contributed by atoms with Crippen LogP contribution in [0.5, 0.6) is 11.5 Å². The second-order valence-corrected chi connectivity index (χ2v) is 8.27. The van der Waals surface area contributed by atoms with Gasteiger partial charge in [0.2, 0.25) is 5.91 Å². The molecule has 3 aromatic rings. The number of hydrogen-bond donors (Lipinski definition) is 2. The molecule has 2 N–H and O–H groups in total. The minimum Gasteiger partial charge on any atom is -0.493 e. The van der Waals surface area contributed by atoms with E-state index in [1.807, 2.05) is 36.4 Å². The first kappa shape index (κ1) is 26.9. The van der Waals surface area contributed by atoms with Crippen LogP contribution in [-0.2, 0) is 20.7 Å². The molecule has 0 radical (unpaired) electrons. The van der Waals surface area contributed by atoms with Gasteiger partial charge in [0.05, 0.1) is 38.0 Å². The van der Waals surface area contributed by atoms with Crippen molar-refractivity contribution in [2.45, 2.75) is 13.3 Å². The predicted octanol–water partition coefficient (Wildman–Crippen LogP) is 2.92. The van der Waals surface area contributed by atoms with Gasteiger partial charge in [0.25, 0.3) is 6.47 Å². The fourth-order valence-electron chi connectivity index (χ4n) is 4.10. The number of benzene rings is 2. The van der Waals surface area contributed by atoms with Crippen molar-refractivity contribution in [2.24, 2.45) is 0 Å². The Balaban J connectivity index is 0.00000115. The lowest BCUT2D eigenvalue weighted by Crippen LogP contribution is -2.38. The van der Waals surface area contributed by atoms with Gasteiger partial charge < -0.3 is 24.6 Å². The summed E-state index contributed by atoms with van der Waals surface area (Å²) in [7, 11) is 3.30. The van der Waals surface area contributed by atoms with Crippen LogP contribution in [0.4, 0.5) is 0 Å². The van der Waals surface area contributed by atoms with Crippen molar-refractivity contribution in [2.75, 3.05) is 53.6 Å². The summed E-state index contributed by atoms with van der Waals surface area (Å²) in [6.07, 6.45) is 0.326. The highest BCUT2D eigenvalue weighted by molar-refractivity contribution is 5.88. The first-order chi connectivity index (χ1) is 17.5. The van der Waals surface area contributed by atoms with Crippen LogP contribution in [-0.4, -0.2) is 81.0 Å². The molecule has 2 heterocycles. The zero-order valence-corrected chi connectivity index (χ0v) is 21.0. The van der Waals surface area contributed by atoms with Crippen molar-refractivity contribution in [1.82, 2.24) is 15.2 Å². The number of fused-ring (bicyclic) bond motifs is 1. The van der Waals surface area contributed by atoms with E-state index in [-0.39, 0.29) is 12.4 Å². The minimum atomic E-state index is -0.250.